The molecule has 0 spiro atoms. The fourth-order valence-corrected chi connectivity index (χ4v) is 4.35. The Balaban J connectivity index is 1.43. The first-order chi connectivity index (χ1) is 14.8. The van der Waals surface area contributed by atoms with Crippen molar-refractivity contribution in [1.82, 2.24) is 10.2 Å². The molecule has 31 heavy (non-hydrogen) atoms. The predicted octanol–water partition coefficient (Wildman–Crippen LogP) is 3.89. The van der Waals surface area contributed by atoms with Crippen molar-refractivity contribution < 1.29 is 22.7 Å². The van der Waals surface area contributed by atoms with Gasteiger partial charge in [0, 0.05) is 18.5 Å². The van der Waals surface area contributed by atoms with Crippen LogP contribution in [0.4, 0.5) is 13.2 Å². The number of hydrogen-bond acceptors (Lipinski definition) is 4. The van der Waals surface area contributed by atoms with Crippen molar-refractivity contribution >= 4 is 5.91 Å². The molecule has 1 aliphatic carbocycles. The summed E-state index contributed by atoms with van der Waals surface area (Å²) < 4.78 is 43.8. The number of carbonyl (C=O) groups is 1. The van der Waals surface area contributed by atoms with Crippen molar-refractivity contribution in [2.45, 2.75) is 75.4 Å². The molecule has 166 valence electrons. The number of rotatable bonds is 6. The number of nitrogens with one attached hydrogen (secondary N) is 1. The molecule has 1 saturated heterocycles. The van der Waals surface area contributed by atoms with Crippen LogP contribution in [0, 0.1) is 23.7 Å². The monoisotopic (exact) mass is 433 g/mol. The number of amides is 1. The third kappa shape index (κ3) is 5.92. The van der Waals surface area contributed by atoms with E-state index >= 15 is 0 Å². The van der Waals surface area contributed by atoms with Gasteiger partial charge in [0.15, 0.2) is 0 Å². The van der Waals surface area contributed by atoms with E-state index in [1.54, 1.807) is 4.90 Å². The van der Waals surface area contributed by atoms with Crippen LogP contribution in [0.15, 0.2) is 24.3 Å². The zero-order chi connectivity index (χ0) is 22.4. The molecule has 0 unspecified atom stereocenters. The largest absolute Gasteiger partial charge is 0.490 e. The molecule has 1 aromatic carbocycles. The molecular weight excluding hydrogens is 407 g/mol. The molecule has 1 heterocycles. The second-order valence-electron chi connectivity index (χ2n) is 8.08. The molecule has 5 nitrogen and oxygen atoms in total. The second-order valence-corrected chi connectivity index (χ2v) is 8.08. The fourth-order valence-electron chi connectivity index (χ4n) is 4.35. The molecule has 1 amide bonds. The Labute approximate surface area is 180 Å². The molecule has 2 aliphatic rings. The van der Waals surface area contributed by atoms with Gasteiger partial charge in [-0.2, -0.15) is 18.4 Å². The normalized spacial score (nSPS) is 26.2. The van der Waals surface area contributed by atoms with Crippen LogP contribution < -0.4 is 10.1 Å². The first-order valence-electron chi connectivity index (χ1n) is 10.5. The zero-order valence-corrected chi connectivity index (χ0v) is 17.2. The van der Waals surface area contributed by atoms with Crippen LogP contribution in [0.2, 0.25) is 0 Å². The van der Waals surface area contributed by atoms with Crippen molar-refractivity contribution in [3.63, 3.8) is 0 Å². The Morgan fingerprint density at radius 2 is 1.84 bits per heavy atom. The number of likely N-dealkylation sites (tertiary alicyclic amines) is 1. The van der Waals surface area contributed by atoms with E-state index < -0.39 is 17.8 Å². The maximum absolute atomic E-state index is 12.7. The fraction of sp³-hybridized carbons (Fsp3) is 0.565. The van der Waals surface area contributed by atoms with Gasteiger partial charge < -0.3 is 15.0 Å². The van der Waals surface area contributed by atoms with Crippen LogP contribution in [-0.4, -0.2) is 41.6 Å². The Kier molecular flexibility index (Phi) is 7.46. The highest BCUT2D eigenvalue weighted by molar-refractivity contribution is 5.79. The van der Waals surface area contributed by atoms with E-state index in [1.165, 1.54) is 12.1 Å². The van der Waals surface area contributed by atoms with Gasteiger partial charge in [0.2, 0.25) is 5.91 Å². The highest BCUT2D eigenvalue weighted by atomic mass is 19.4. The third-order valence-electron chi connectivity index (χ3n) is 5.99. The van der Waals surface area contributed by atoms with Gasteiger partial charge in [-0.25, -0.2) is 0 Å². The zero-order valence-electron chi connectivity index (χ0n) is 17.2. The van der Waals surface area contributed by atoms with Gasteiger partial charge in [0.05, 0.1) is 24.3 Å². The summed E-state index contributed by atoms with van der Waals surface area (Å²) in [6.45, 7) is 0.161. The van der Waals surface area contributed by atoms with Gasteiger partial charge in [-0.05, 0) is 62.8 Å². The molecule has 1 saturated carbocycles. The van der Waals surface area contributed by atoms with Crippen LogP contribution in [0.3, 0.4) is 0 Å². The van der Waals surface area contributed by atoms with E-state index in [9.17, 15) is 23.2 Å². The number of ether oxygens (including phenoxy) is 1. The lowest BCUT2D eigenvalue weighted by atomic mass is 9.93. The van der Waals surface area contributed by atoms with Crippen LogP contribution in [0.1, 0.15) is 50.5 Å². The van der Waals surface area contributed by atoms with Crippen LogP contribution in [0.5, 0.6) is 5.75 Å². The van der Waals surface area contributed by atoms with Gasteiger partial charge in [-0.15, -0.1) is 12.3 Å². The van der Waals surface area contributed by atoms with Crippen LogP contribution in [-0.2, 0) is 11.0 Å². The number of nitrogens with zero attached hydrogens (tertiary/aromatic N) is 2. The van der Waals surface area contributed by atoms with E-state index in [1.807, 2.05) is 0 Å². The molecule has 8 heteroatoms. The van der Waals surface area contributed by atoms with E-state index in [2.05, 4.69) is 17.3 Å². The van der Waals surface area contributed by atoms with Gasteiger partial charge in [-0.1, -0.05) is 0 Å². The highest BCUT2D eigenvalue weighted by Crippen LogP contribution is 2.31. The molecule has 1 aromatic rings. The lowest BCUT2D eigenvalue weighted by Gasteiger charge is -2.31. The summed E-state index contributed by atoms with van der Waals surface area (Å²) in [7, 11) is 0. The highest BCUT2D eigenvalue weighted by Gasteiger charge is 2.36. The van der Waals surface area contributed by atoms with E-state index in [-0.39, 0.29) is 30.6 Å². The summed E-state index contributed by atoms with van der Waals surface area (Å²) in [6.07, 6.45) is 5.93. The first-order valence-corrected chi connectivity index (χ1v) is 10.5. The molecular formula is C23H26F3N3O2. The van der Waals surface area contributed by atoms with Crippen molar-refractivity contribution in [2.75, 3.05) is 6.54 Å². The van der Waals surface area contributed by atoms with E-state index in [0.717, 1.165) is 44.2 Å². The molecule has 1 aliphatic heterocycles. The summed E-state index contributed by atoms with van der Waals surface area (Å²) in [5, 5.41) is 12.6. The molecule has 0 bridgehead atoms. The molecule has 2 atom stereocenters. The molecule has 0 aromatic heterocycles. The van der Waals surface area contributed by atoms with Gasteiger partial charge in [-0.3, -0.25) is 4.79 Å². The minimum atomic E-state index is -4.36. The van der Waals surface area contributed by atoms with E-state index in [4.69, 9.17) is 11.2 Å². The summed E-state index contributed by atoms with van der Waals surface area (Å²) in [5.41, 5.74) is -0.696. The molecule has 3 rings (SSSR count). The lowest BCUT2D eigenvalue weighted by molar-refractivity contribution is -0.137. The van der Waals surface area contributed by atoms with Crippen LogP contribution in [0.25, 0.3) is 0 Å². The van der Waals surface area contributed by atoms with Crippen LogP contribution >= 0.6 is 0 Å². The Morgan fingerprint density at radius 3 is 2.42 bits per heavy atom. The van der Waals surface area contributed by atoms with Crippen molar-refractivity contribution in [2.24, 2.45) is 0 Å². The SMILES string of the molecule is C#CC[C@@H]1CC[C@@H](C#N)N1C(=O)CNC1CCC(Oc2ccc(C(F)(F)F)cc2)CC1. The topological polar surface area (TPSA) is 65.4 Å². The summed E-state index contributed by atoms with van der Waals surface area (Å²) in [5.74, 6) is 2.91. The maximum atomic E-state index is 12.7. The predicted molar refractivity (Wildman–Crippen MR) is 109 cm³/mol. The Hall–Kier alpha value is -2.71. The number of halogens is 3. The van der Waals surface area contributed by atoms with Crippen molar-refractivity contribution in [1.29, 1.82) is 5.26 Å². The Bertz CT molecular complexity index is 834. The van der Waals surface area contributed by atoms with Gasteiger partial charge >= 0.3 is 6.18 Å². The number of terminal acetylenes is 1. The molecule has 1 N–H and O–H groups in total. The first kappa shape index (κ1) is 23.0. The second kappa shape index (κ2) is 10.1. The number of hydrogen-bond donors (Lipinski definition) is 1. The standard InChI is InChI=1S/C23H26F3N3O2/c1-2-3-18-8-9-19(14-27)29(18)22(30)15-28-17-6-12-21(13-7-17)31-20-10-4-16(5-11-20)23(24,25)26/h1,4-5,10-11,17-19,21,28H,3,6-9,12-13,15H2/t17?,18-,19+,21?/m1/s1. The van der Waals surface area contributed by atoms with Gasteiger partial charge in [0.25, 0.3) is 0 Å². The third-order valence-corrected chi connectivity index (χ3v) is 5.99. The number of benzene rings is 1. The average Bonchev–Trinajstić information content (AvgIpc) is 3.16. The molecule has 0 radical (unpaired) electrons. The van der Waals surface area contributed by atoms with Crippen molar-refractivity contribution in [3.05, 3.63) is 29.8 Å². The number of alkyl halides is 3. The number of carbonyl (C=O) groups excluding carboxylic acids is 1. The average molecular weight is 433 g/mol. The minimum Gasteiger partial charge on any atom is -0.490 e. The summed E-state index contributed by atoms with van der Waals surface area (Å²) >= 11 is 0. The minimum absolute atomic E-state index is 0.0629. The Morgan fingerprint density at radius 1 is 1.16 bits per heavy atom. The smallest absolute Gasteiger partial charge is 0.416 e. The summed E-state index contributed by atoms with van der Waals surface area (Å²) in [4.78, 5) is 14.3. The lowest BCUT2D eigenvalue weighted by Crippen LogP contribution is -2.47. The van der Waals surface area contributed by atoms with Crippen molar-refractivity contribution in [3.8, 4) is 24.2 Å². The van der Waals surface area contributed by atoms with E-state index in [0.29, 0.717) is 18.6 Å². The quantitative estimate of drug-likeness (QED) is 0.692. The maximum Gasteiger partial charge on any atom is 0.416 e. The number of nitriles is 1. The molecule has 2 fully saturated rings. The summed E-state index contributed by atoms with van der Waals surface area (Å²) in [6, 6.07) is 6.60. The van der Waals surface area contributed by atoms with Gasteiger partial charge in [0.1, 0.15) is 11.8 Å².